The van der Waals surface area contributed by atoms with Crippen LogP contribution in [0.1, 0.15) is 16.7 Å². The first-order chi connectivity index (χ1) is 13.5. The summed E-state index contributed by atoms with van der Waals surface area (Å²) in [5.74, 6) is 0.150. The number of rotatable bonds is 3. The van der Waals surface area contributed by atoms with Crippen molar-refractivity contribution in [3.63, 3.8) is 0 Å². The molecule has 0 bridgehead atoms. The summed E-state index contributed by atoms with van der Waals surface area (Å²) in [7, 11) is 0. The van der Waals surface area contributed by atoms with Gasteiger partial charge in [-0.25, -0.2) is 4.39 Å². The lowest BCUT2D eigenvalue weighted by Gasteiger charge is -2.31. The number of anilines is 2. The van der Waals surface area contributed by atoms with Gasteiger partial charge < -0.3 is 10.5 Å². The molecule has 0 saturated carbocycles. The summed E-state index contributed by atoms with van der Waals surface area (Å²) in [6.07, 6.45) is 1.71. The van der Waals surface area contributed by atoms with Crippen LogP contribution < -0.4 is 15.4 Å². The van der Waals surface area contributed by atoms with Gasteiger partial charge in [-0.3, -0.25) is 9.69 Å². The van der Waals surface area contributed by atoms with Crippen molar-refractivity contribution in [2.45, 2.75) is 13.5 Å². The summed E-state index contributed by atoms with van der Waals surface area (Å²) in [5.41, 5.74) is 9.89. The molecule has 0 aromatic heterocycles. The van der Waals surface area contributed by atoms with E-state index in [1.165, 1.54) is 12.1 Å². The lowest BCUT2D eigenvalue weighted by atomic mass is 10.1. The Hall–Kier alpha value is -3.60. The van der Waals surface area contributed by atoms with Gasteiger partial charge in [0.15, 0.2) is 11.5 Å². The minimum Gasteiger partial charge on any atom is -0.449 e. The molecular formula is C23H19FN2O2. The quantitative estimate of drug-likeness (QED) is 0.535. The molecule has 4 rings (SSSR count). The number of nitrogen functional groups attached to an aromatic ring is 1. The van der Waals surface area contributed by atoms with E-state index in [-0.39, 0.29) is 17.5 Å². The zero-order valence-electron chi connectivity index (χ0n) is 15.4. The fourth-order valence-electron chi connectivity index (χ4n) is 3.07. The molecule has 140 valence electrons. The van der Waals surface area contributed by atoms with Gasteiger partial charge >= 0.3 is 0 Å². The van der Waals surface area contributed by atoms with Crippen LogP contribution in [-0.2, 0) is 11.3 Å². The Morgan fingerprint density at radius 3 is 2.46 bits per heavy atom. The topological polar surface area (TPSA) is 55.6 Å². The zero-order valence-corrected chi connectivity index (χ0v) is 15.4. The second-order valence-electron chi connectivity index (χ2n) is 6.77. The molecule has 28 heavy (non-hydrogen) atoms. The van der Waals surface area contributed by atoms with Crippen LogP contribution in [0.5, 0.6) is 5.75 Å². The number of carbonyl (C=O) groups is 1. The van der Waals surface area contributed by atoms with E-state index in [1.54, 1.807) is 41.3 Å². The Bertz CT molecular complexity index is 1060. The first-order valence-electron chi connectivity index (χ1n) is 8.92. The van der Waals surface area contributed by atoms with Gasteiger partial charge in [0, 0.05) is 11.8 Å². The predicted octanol–water partition coefficient (Wildman–Crippen LogP) is 4.68. The van der Waals surface area contributed by atoms with Gasteiger partial charge in [-0.15, -0.1) is 0 Å². The number of halogens is 1. The van der Waals surface area contributed by atoms with Crippen molar-refractivity contribution < 1.29 is 13.9 Å². The number of hydrogen-bond donors (Lipinski definition) is 1. The van der Waals surface area contributed by atoms with Crippen LogP contribution in [0.25, 0.3) is 6.08 Å². The first kappa shape index (κ1) is 17.8. The smallest absolute Gasteiger partial charge is 0.294 e. The molecular weight excluding hydrogens is 355 g/mol. The Kier molecular flexibility index (Phi) is 4.57. The van der Waals surface area contributed by atoms with Gasteiger partial charge in [-0.2, -0.15) is 0 Å². The van der Waals surface area contributed by atoms with Gasteiger partial charge in [0.1, 0.15) is 5.82 Å². The third-order valence-electron chi connectivity index (χ3n) is 4.58. The van der Waals surface area contributed by atoms with Crippen molar-refractivity contribution in [3.05, 3.63) is 95.0 Å². The highest BCUT2D eigenvalue weighted by atomic mass is 19.1. The predicted molar refractivity (Wildman–Crippen MR) is 108 cm³/mol. The molecule has 1 aliphatic rings. The molecule has 3 aromatic carbocycles. The monoisotopic (exact) mass is 374 g/mol. The highest BCUT2D eigenvalue weighted by molar-refractivity contribution is 6.09. The van der Waals surface area contributed by atoms with E-state index in [2.05, 4.69) is 0 Å². The molecule has 0 saturated heterocycles. The first-order valence-corrected chi connectivity index (χ1v) is 8.92. The SMILES string of the molecule is Cc1ccc(/C=C2/Oc3cc(N)ccc3N(Cc3ccc(F)cc3)C2=O)cc1. The molecule has 0 atom stereocenters. The maximum Gasteiger partial charge on any atom is 0.294 e. The fraction of sp³-hybridized carbons (Fsp3) is 0.0870. The number of fused-ring (bicyclic) bond motifs is 1. The fourth-order valence-corrected chi connectivity index (χ4v) is 3.07. The van der Waals surface area contributed by atoms with Crippen molar-refractivity contribution >= 4 is 23.4 Å². The van der Waals surface area contributed by atoms with Crippen LogP contribution in [0.15, 0.2) is 72.5 Å². The van der Waals surface area contributed by atoms with Crippen LogP contribution in [0.4, 0.5) is 15.8 Å². The van der Waals surface area contributed by atoms with Crippen LogP contribution in [0.2, 0.25) is 0 Å². The zero-order chi connectivity index (χ0) is 19.7. The standard InChI is InChI=1S/C23H19FN2O2/c1-15-2-4-16(5-3-15)12-22-23(27)26(14-17-6-8-18(24)9-7-17)20-11-10-19(25)13-21(20)28-22/h2-13H,14,25H2,1H3/b22-12+. The molecule has 0 radical (unpaired) electrons. The molecule has 0 aliphatic carbocycles. The van der Waals surface area contributed by atoms with Crippen molar-refractivity contribution in [3.8, 4) is 5.75 Å². The van der Waals surface area contributed by atoms with Crippen molar-refractivity contribution in [1.29, 1.82) is 0 Å². The summed E-state index contributed by atoms with van der Waals surface area (Å²) in [6.45, 7) is 2.30. The number of ether oxygens (including phenoxy) is 1. The highest BCUT2D eigenvalue weighted by Gasteiger charge is 2.30. The van der Waals surface area contributed by atoms with Crippen LogP contribution in [0.3, 0.4) is 0 Å². The number of hydrogen-bond acceptors (Lipinski definition) is 3. The number of carbonyl (C=O) groups excluding carboxylic acids is 1. The summed E-state index contributed by atoms with van der Waals surface area (Å²) >= 11 is 0. The Balaban J connectivity index is 1.74. The molecule has 1 heterocycles. The molecule has 5 heteroatoms. The van der Waals surface area contributed by atoms with E-state index in [9.17, 15) is 9.18 Å². The highest BCUT2D eigenvalue weighted by Crippen LogP contribution is 2.38. The minimum atomic E-state index is -0.315. The maximum absolute atomic E-state index is 13.2. The van der Waals surface area contributed by atoms with E-state index in [4.69, 9.17) is 10.5 Å². The van der Waals surface area contributed by atoms with Crippen molar-refractivity contribution in [1.82, 2.24) is 0 Å². The number of amides is 1. The Morgan fingerprint density at radius 1 is 1.04 bits per heavy atom. The largest absolute Gasteiger partial charge is 0.449 e. The second-order valence-corrected chi connectivity index (χ2v) is 6.77. The molecule has 3 aromatic rings. The summed E-state index contributed by atoms with van der Waals surface area (Å²) < 4.78 is 19.1. The molecule has 0 unspecified atom stereocenters. The molecule has 2 N–H and O–H groups in total. The average molecular weight is 374 g/mol. The summed E-state index contributed by atoms with van der Waals surface area (Å²) in [4.78, 5) is 14.8. The molecule has 0 fully saturated rings. The average Bonchev–Trinajstić information content (AvgIpc) is 2.68. The number of aryl methyl sites for hydroxylation is 1. The lowest BCUT2D eigenvalue weighted by molar-refractivity contribution is -0.117. The van der Waals surface area contributed by atoms with Gasteiger partial charge in [-0.1, -0.05) is 42.0 Å². The van der Waals surface area contributed by atoms with E-state index >= 15 is 0 Å². The summed E-state index contributed by atoms with van der Waals surface area (Å²) in [5, 5.41) is 0. The van der Waals surface area contributed by atoms with Crippen LogP contribution >= 0.6 is 0 Å². The number of nitrogens with zero attached hydrogens (tertiary/aromatic N) is 1. The third-order valence-corrected chi connectivity index (χ3v) is 4.58. The van der Waals surface area contributed by atoms with Crippen LogP contribution in [0, 0.1) is 12.7 Å². The minimum absolute atomic E-state index is 0.212. The van der Waals surface area contributed by atoms with Gasteiger partial charge in [0.25, 0.3) is 5.91 Å². The molecule has 0 spiro atoms. The second kappa shape index (κ2) is 7.19. The molecule has 4 nitrogen and oxygen atoms in total. The Labute approximate surface area is 162 Å². The van der Waals surface area contributed by atoms with Gasteiger partial charge in [-0.05, 0) is 48.4 Å². The van der Waals surface area contributed by atoms with E-state index in [0.29, 0.717) is 23.7 Å². The van der Waals surface area contributed by atoms with Crippen LogP contribution in [-0.4, -0.2) is 5.91 Å². The van der Waals surface area contributed by atoms with E-state index < -0.39 is 0 Å². The van der Waals surface area contributed by atoms with Gasteiger partial charge in [0.05, 0.1) is 12.2 Å². The lowest BCUT2D eigenvalue weighted by Crippen LogP contribution is -2.36. The van der Waals surface area contributed by atoms with E-state index in [0.717, 1.165) is 16.7 Å². The molecule has 1 amide bonds. The normalized spacial score (nSPS) is 14.7. The Morgan fingerprint density at radius 2 is 1.75 bits per heavy atom. The number of benzene rings is 3. The van der Waals surface area contributed by atoms with Crippen molar-refractivity contribution in [2.24, 2.45) is 0 Å². The summed E-state index contributed by atoms with van der Waals surface area (Å²) in [6, 6.07) is 19.1. The van der Waals surface area contributed by atoms with Crippen molar-refractivity contribution in [2.75, 3.05) is 10.6 Å². The molecule has 1 aliphatic heterocycles. The third kappa shape index (κ3) is 3.60. The maximum atomic E-state index is 13.2. The van der Waals surface area contributed by atoms with E-state index in [1.807, 2.05) is 31.2 Å². The number of nitrogens with two attached hydrogens (primary N) is 1. The van der Waals surface area contributed by atoms with Gasteiger partial charge in [0.2, 0.25) is 0 Å².